The Morgan fingerprint density at radius 2 is 1.90 bits per heavy atom. The zero-order chi connectivity index (χ0) is 14.7. The summed E-state index contributed by atoms with van der Waals surface area (Å²) in [6.07, 6.45) is -0.470. The van der Waals surface area contributed by atoms with Gasteiger partial charge in [0.2, 0.25) is 12.1 Å². The van der Waals surface area contributed by atoms with Crippen LogP contribution in [0, 0.1) is 0 Å². The van der Waals surface area contributed by atoms with Crippen molar-refractivity contribution < 1.29 is 14.0 Å². The first-order valence-corrected chi connectivity index (χ1v) is 6.67. The lowest BCUT2D eigenvalue weighted by molar-refractivity contribution is -0.142. The predicted molar refractivity (Wildman–Crippen MR) is 71.9 cm³/mol. The quantitative estimate of drug-likeness (QED) is 0.830. The van der Waals surface area contributed by atoms with Gasteiger partial charge in [0.1, 0.15) is 5.69 Å². The molecule has 0 aromatic carbocycles. The summed E-state index contributed by atoms with van der Waals surface area (Å²) in [4.78, 5) is 30.1. The van der Waals surface area contributed by atoms with E-state index in [4.69, 9.17) is 11.6 Å². The van der Waals surface area contributed by atoms with Gasteiger partial charge in [-0.05, 0) is 12.1 Å². The summed E-state index contributed by atoms with van der Waals surface area (Å²) in [6, 6.07) is 3.08. The lowest BCUT2D eigenvalue weighted by atomic mass is 10.2. The summed E-state index contributed by atoms with van der Waals surface area (Å²) in [5.41, 5.74) is -0.0619. The van der Waals surface area contributed by atoms with Gasteiger partial charge in [-0.15, -0.1) is 0 Å². The molecule has 1 aliphatic rings. The number of piperazine rings is 1. The highest BCUT2D eigenvalue weighted by atomic mass is 35.5. The molecule has 1 fully saturated rings. The Labute approximate surface area is 121 Å². The van der Waals surface area contributed by atoms with Crippen LogP contribution in [0.25, 0.3) is 0 Å². The molecule has 7 heteroatoms. The molecule has 2 amide bonds. The number of aromatic nitrogens is 1. The van der Waals surface area contributed by atoms with Crippen molar-refractivity contribution in [2.45, 2.75) is 13.1 Å². The lowest BCUT2D eigenvalue weighted by Crippen LogP contribution is -2.50. The summed E-state index contributed by atoms with van der Waals surface area (Å²) in [6.45, 7) is 2.96. The third-order valence-electron chi connectivity index (χ3n) is 3.28. The Morgan fingerprint density at radius 1 is 1.30 bits per heavy atom. The van der Waals surface area contributed by atoms with Crippen molar-refractivity contribution in [3.63, 3.8) is 0 Å². The molecule has 108 valence electrons. The smallest absolute Gasteiger partial charge is 0.263 e. The standard InChI is InChI=1S/C13H15ClFN3O2/c1-9(19)17-5-7-18(8-6-17)13(20)11(15)12-10(14)3-2-4-16-12/h2-4,11H,5-8H2,1H3. The van der Waals surface area contributed by atoms with Crippen LogP contribution in [0.1, 0.15) is 18.8 Å². The minimum atomic E-state index is -1.87. The number of amides is 2. The van der Waals surface area contributed by atoms with Gasteiger partial charge in [0.15, 0.2) is 0 Å². The van der Waals surface area contributed by atoms with Crippen LogP contribution in [0.4, 0.5) is 4.39 Å². The van der Waals surface area contributed by atoms with Gasteiger partial charge in [-0.3, -0.25) is 14.6 Å². The maximum atomic E-state index is 14.2. The molecule has 1 unspecified atom stereocenters. The zero-order valence-electron chi connectivity index (χ0n) is 11.1. The molecule has 1 aromatic heterocycles. The molecule has 2 heterocycles. The maximum absolute atomic E-state index is 14.2. The zero-order valence-corrected chi connectivity index (χ0v) is 11.8. The maximum Gasteiger partial charge on any atom is 0.263 e. The number of carbonyl (C=O) groups excluding carboxylic acids is 2. The van der Waals surface area contributed by atoms with Crippen LogP contribution in [-0.2, 0) is 9.59 Å². The number of pyridine rings is 1. The molecule has 0 saturated carbocycles. The Hall–Kier alpha value is -1.69. The third kappa shape index (κ3) is 3.07. The van der Waals surface area contributed by atoms with Gasteiger partial charge < -0.3 is 9.80 Å². The van der Waals surface area contributed by atoms with Gasteiger partial charge >= 0.3 is 0 Å². The molecule has 0 radical (unpaired) electrons. The van der Waals surface area contributed by atoms with Crippen molar-refractivity contribution in [3.8, 4) is 0 Å². The summed E-state index contributed by atoms with van der Waals surface area (Å²) >= 11 is 5.84. The number of carbonyl (C=O) groups is 2. The third-order valence-corrected chi connectivity index (χ3v) is 3.60. The molecule has 20 heavy (non-hydrogen) atoms. The molecular weight excluding hydrogens is 285 g/mol. The van der Waals surface area contributed by atoms with E-state index >= 15 is 0 Å². The van der Waals surface area contributed by atoms with Crippen LogP contribution in [0.15, 0.2) is 18.3 Å². The molecule has 5 nitrogen and oxygen atoms in total. The fourth-order valence-corrected chi connectivity index (χ4v) is 2.32. The van der Waals surface area contributed by atoms with Crippen molar-refractivity contribution in [2.75, 3.05) is 26.2 Å². The van der Waals surface area contributed by atoms with Gasteiger partial charge in [-0.1, -0.05) is 11.6 Å². The van der Waals surface area contributed by atoms with Crippen LogP contribution in [-0.4, -0.2) is 52.8 Å². The highest BCUT2D eigenvalue weighted by Crippen LogP contribution is 2.25. The Balaban J connectivity index is 2.02. The van der Waals surface area contributed by atoms with Crippen molar-refractivity contribution in [1.29, 1.82) is 0 Å². The first-order valence-electron chi connectivity index (χ1n) is 6.29. The van der Waals surface area contributed by atoms with Crippen LogP contribution >= 0.6 is 11.6 Å². The molecular formula is C13H15ClFN3O2. The second-order valence-corrected chi connectivity index (χ2v) is 4.97. The predicted octanol–water partition coefficient (Wildman–Crippen LogP) is 1.44. The summed E-state index contributed by atoms with van der Waals surface area (Å²) < 4.78 is 14.2. The van der Waals surface area contributed by atoms with E-state index in [1.165, 1.54) is 24.1 Å². The number of rotatable bonds is 2. The number of hydrogen-bond acceptors (Lipinski definition) is 3. The minimum absolute atomic E-state index is 0.0401. The number of halogens is 2. The molecule has 1 atom stereocenters. The summed E-state index contributed by atoms with van der Waals surface area (Å²) in [5.74, 6) is -0.699. The summed E-state index contributed by atoms with van der Waals surface area (Å²) in [5, 5.41) is 0.135. The number of alkyl halides is 1. The fourth-order valence-electron chi connectivity index (χ4n) is 2.10. The monoisotopic (exact) mass is 299 g/mol. The minimum Gasteiger partial charge on any atom is -0.339 e. The second-order valence-electron chi connectivity index (χ2n) is 4.56. The van der Waals surface area contributed by atoms with E-state index in [2.05, 4.69) is 4.98 Å². The first-order chi connectivity index (χ1) is 9.50. The molecule has 2 rings (SSSR count). The first kappa shape index (κ1) is 14.7. The molecule has 0 aliphatic carbocycles. The second kappa shape index (κ2) is 6.17. The van der Waals surface area contributed by atoms with Crippen molar-refractivity contribution in [2.24, 2.45) is 0 Å². The lowest BCUT2D eigenvalue weighted by Gasteiger charge is -2.34. The van der Waals surface area contributed by atoms with Gasteiger partial charge in [-0.2, -0.15) is 0 Å². The highest BCUT2D eigenvalue weighted by Gasteiger charge is 2.31. The molecule has 1 saturated heterocycles. The van der Waals surface area contributed by atoms with Crippen molar-refractivity contribution >= 4 is 23.4 Å². The summed E-state index contributed by atoms with van der Waals surface area (Å²) in [7, 11) is 0. The average Bonchev–Trinajstić information content (AvgIpc) is 2.46. The van der Waals surface area contributed by atoms with E-state index < -0.39 is 12.1 Å². The van der Waals surface area contributed by atoms with Crippen LogP contribution in [0.3, 0.4) is 0 Å². The van der Waals surface area contributed by atoms with Crippen LogP contribution in [0.2, 0.25) is 5.02 Å². The Morgan fingerprint density at radius 3 is 2.45 bits per heavy atom. The number of hydrogen-bond donors (Lipinski definition) is 0. The van der Waals surface area contributed by atoms with Crippen LogP contribution in [0.5, 0.6) is 0 Å². The van der Waals surface area contributed by atoms with E-state index in [9.17, 15) is 14.0 Å². The molecule has 1 aliphatic heterocycles. The molecule has 0 bridgehead atoms. The molecule has 1 aromatic rings. The highest BCUT2D eigenvalue weighted by molar-refractivity contribution is 6.31. The van der Waals surface area contributed by atoms with E-state index in [-0.39, 0.29) is 16.6 Å². The van der Waals surface area contributed by atoms with Crippen molar-refractivity contribution in [3.05, 3.63) is 29.0 Å². The Kier molecular flexibility index (Phi) is 4.54. The van der Waals surface area contributed by atoms with E-state index in [0.29, 0.717) is 26.2 Å². The Bertz CT molecular complexity index is 518. The topological polar surface area (TPSA) is 53.5 Å². The largest absolute Gasteiger partial charge is 0.339 e. The van der Waals surface area contributed by atoms with Gasteiger partial charge in [0.05, 0.1) is 5.02 Å². The van der Waals surface area contributed by atoms with Gasteiger partial charge in [-0.25, -0.2) is 4.39 Å². The normalized spacial score (nSPS) is 16.9. The number of nitrogens with zero attached hydrogens (tertiary/aromatic N) is 3. The molecule has 0 spiro atoms. The fraction of sp³-hybridized carbons (Fsp3) is 0.462. The average molecular weight is 300 g/mol. The van der Waals surface area contributed by atoms with Crippen LogP contribution < -0.4 is 0 Å². The van der Waals surface area contributed by atoms with Crippen molar-refractivity contribution in [1.82, 2.24) is 14.8 Å². The SMILES string of the molecule is CC(=O)N1CCN(C(=O)C(F)c2ncccc2Cl)CC1. The van der Waals surface area contributed by atoms with E-state index in [1.54, 1.807) is 11.0 Å². The van der Waals surface area contributed by atoms with Gasteiger partial charge in [0, 0.05) is 39.3 Å². The van der Waals surface area contributed by atoms with E-state index in [0.717, 1.165) is 0 Å². The molecule has 0 N–H and O–H groups in total. The van der Waals surface area contributed by atoms with Gasteiger partial charge in [0.25, 0.3) is 5.91 Å². The van der Waals surface area contributed by atoms with E-state index in [1.807, 2.05) is 0 Å².